The van der Waals surface area contributed by atoms with Gasteiger partial charge in [-0.3, -0.25) is 0 Å². The van der Waals surface area contributed by atoms with Crippen molar-refractivity contribution in [1.82, 2.24) is 0 Å². The summed E-state index contributed by atoms with van der Waals surface area (Å²) in [5.74, 6) is 0. The van der Waals surface area contributed by atoms with Gasteiger partial charge < -0.3 is 9.47 Å². The van der Waals surface area contributed by atoms with Crippen LogP contribution in [0.25, 0.3) is 0 Å². The first kappa shape index (κ1) is 11.4. The van der Waals surface area contributed by atoms with Gasteiger partial charge in [-0.2, -0.15) is 5.26 Å². The normalized spacial score (nSPS) is 16.8. The molecule has 1 unspecified atom stereocenters. The first-order valence-electron chi connectivity index (χ1n) is 3.30. The number of nitrogens with zero attached hydrogens (tertiary/aromatic N) is 2. The third-order valence-electron chi connectivity index (χ3n) is 1.03. The standard InChI is InChI=1S/C7H11ClN2O2/c1-6(8)10-7(2,4-9)12-5-11-3/h5H2,1-3H3/b10-6+. The van der Waals surface area contributed by atoms with E-state index in [1.807, 2.05) is 6.07 Å². The average molecular weight is 191 g/mol. The van der Waals surface area contributed by atoms with Gasteiger partial charge in [0.2, 0.25) is 5.72 Å². The van der Waals surface area contributed by atoms with Crippen LogP contribution in [-0.2, 0) is 9.47 Å². The summed E-state index contributed by atoms with van der Waals surface area (Å²) in [6.45, 7) is 3.10. The summed E-state index contributed by atoms with van der Waals surface area (Å²) in [4.78, 5) is 3.78. The van der Waals surface area contributed by atoms with Crippen LogP contribution in [0, 0.1) is 11.3 Å². The number of hydrogen-bond acceptors (Lipinski definition) is 4. The highest BCUT2D eigenvalue weighted by Crippen LogP contribution is 2.11. The van der Waals surface area contributed by atoms with Crippen LogP contribution < -0.4 is 0 Å². The van der Waals surface area contributed by atoms with Gasteiger partial charge in [-0.15, -0.1) is 0 Å². The number of ether oxygens (including phenoxy) is 2. The second-order valence-electron chi connectivity index (χ2n) is 2.25. The summed E-state index contributed by atoms with van der Waals surface area (Å²) < 4.78 is 9.62. The summed E-state index contributed by atoms with van der Waals surface area (Å²) in [6.07, 6.45) is 0. The molecule has 0 aromatic carbocycles. The topological polar surface area (TPSA) is 54.6 Å². The molecule has 4 nitrogen and oxygen atoms in total. The predicted octanol–water partition coefficient (Wildman–Crippen LogP) is 1.50. The third kappa shape index (κ3) is 4.29. The van der Waals surface area contributed by atoms with Crippen LogP contribution in [0.2, 0.25) is 0 Å². The molecule has 0 rings (SSSR count). The first-order valence-corrected chi connectivity index (χ1v) is 3.68. The second-order valence-corrected chi connectivity index (χ2v) is 2.80. The van der Waals surface area contributed by atoms with E-state index in [1.54, 1.807) is 6.92 Å². The molecule has 0 aliphatic heterocycles. The van der Waals surface area contributed by atoms with E-state index in [2.05, 4.69) is 9.73 Å². The van der Waals surface area contributed by atoms with Crippen LogP contribution in [-0.4, -0.2) is 24.8 Å². The quantitative estimate of drug-likeness (QED) is 0.499. The van der Waals surface area contributed by atoms with Crippen molar-refractivity contribution >= 4 is 16.8 Å². The lowest BCUT2D eigenvalue weighted by atomic mass is 10.3. The first-order chi connectivity index (χ1) is 5.54. The lowest BCUT2D eigenvalue weighted by Crippen LogP contribution is -2.25. The summed E-state index contributed by atoms with van der Waals surface area (Å²) in [5, 5.41) is 8.94. The van der Waals surface area contributed by atoms with E-state index < -0.39 is 5.72 Å². The maximum absolute atomic E-state index is 8.66. The molecule has 0 aromatic rings. The Bertz CT molecular complexity index is 208. The van der Waals surface area contributed by atoms with Gasteiger partial charge in [0.15, 0.2) is 0 Å². The van der Waals surface area contributed by atoms with Gasteiger partial charge in [0.1, 0.15) is 18.0 Å². The van der Waals surface area contributed by atoms with Crippen molar-refractivity contribution < 1.29 is 9.47 Å². The number of halogens is 1. The third-order valence-corrected chi connectivity index (χ3v) is 1.12. The van der Waals surface area contributed by atoms with Crippen molar-refractivity contribution in [2.75, 3.05) is 13.9 Å². The summed E-state index contributed by atoms with van der Waals surface area (Å²) >= 11 is 5.50. The van der Waals surface area contributed by atoms with Crippen LogP contribution in [0.1, 0.15) is 13.8 Å². The molecule has 0 aliphatic carbocycles. The number of rotatable bonds is 4. The monoisotopic (exact) mass is 190 g/mol. The van der Waals surface area contributed by atoms with Crippen LogP contribution >= 0.6 is 11.6 Å². The highest BCUT2D eigenvalue weighted by molar-refractivity contribution is 6.64. The van der Waals surface area contributed by atoms with Crippen molar-refractivity contribution in [3.63, 3.8) is 0 Å². The Balaban J connectivity index is 4.28. The van der Waals surface area contributed by atoms with Gasteiger partial charge in [-0.1, -0.05) is 11.6 Å². The van der Waals surface area contributed by atoms with Crippen LogP contribution in [0.5, 0.6) is 0 Å². The Hall–Kier alpha value is -0.630. The Labute approximate surface area is 76.7 Å². The minimum absolute atomic E-state index is 0.0116. The molecule has 0 saturated heterocycles. The number of aliphatic imine (C=N–C) groups is 1. The molecule has 1 atom stereocenters. The average Bonchev–Trinajstić information content (AvgIpc) is 2.00. The molecule has 0 saturated carbocycles. The molecule has 0 radical (unpaired) electrons. The molecule has 5 heteroatoms. The summed E-state index contributed by atoms with van der Waals surface area (Å²) in [6, 6.07) is 1.87. The van der Waals surface area contributed by atoms with Gasteiger partial charge >= 0.3 is 0 Å². The minimum atomic E-state index is -1.25. The number of methoxy groups -OCH3 is 1. The van der Waals surface area contributed by atoms with Crippen LogP contribution in [0.4, 0.5) is 0 Å². The van der Waals surface area contributed by atoms with Crippen molar-refractivity contribution in [3.8, 4) is 6.07 Å². The largest absolute Gasteiger partial charge is 0.359 e. The Kier molecular flexibility index (Phi) is 4.83. The zero-order chi connectivity index (χ0) is 9.61. The molecule has 0 N–H and O–H groups in total. The fraction of sp³-hybridized carbons (Fsp3) is 0.714. The molecule has 68 valence electrons. The molecule has 12 heavy (non-hydrogen) atoms. The summed E-state index contributed by atoms with van der Waals surface area (Å²) in [5.41, 5.74) is -1.25. The highest BCUT2D eigenvalue weighted by Gasteiger charge is 2.23. The maximum Gasteiger partial charge on any atom is 0.247 e. The fourth-order valence-corrected chi connectivity index (χ4v) is 0.718. The van der Waals surface area contributed by atoms with E-state index in [-0.39, 0.29) is 12.0 Å². The van der Waals surface area contributed by atoms with E-state index in [0.29, 0.717) is 0 Å². The fourth-order valence-electron chi connectivity index (χ4n) is 0.557. The molecule has 0 fully saturated rings. The SMILES string of the molecule is COCOC(C)(C#N)/N=C(\C)Cl. The van der Waals surface area contributed by atoms with E-state index in [9.17, 15) is 0 Å². The zero-order valence-corrected chi connectivity index (χ0v) is 8.05. The predicted molar refractivity (Wildman–Crippen MR) is 45.9 cm³/mol. The molecule has 0 bridgehead atoms. The second kappa shape index (κ2) is 5.09. The molecule has 0 amide bonds. The van der Waals surface area contributed by atoms with Gasteiger partial charge in [0.25, 0.3) is 0 Å². The van der Waals surface area contributed by atoms with E-state index in [4.69, 9.17) is 21.6 Å². The smallest absolute Gasteiger partial charge is 0.247 e. The molecule has 0 heterocycles. The van der Waals surface area contributed by atoms with Crippen LogP contribution in [0.3, 0.4) is 0 Å². The van der Waals surface area contributed by atoms with E-state index in [0.717, 1.165) is 0 Å². The Morgan fingerprint density at radius 1 is 1.75 bits per heavy atom. The van der Waals surface area contributed by atoms with Crippen molar-refractivity contribution in [2.24, 2.45) is 4.99 Å². The minimum Gasteiger partial charge on any atom is -0.359 e. The molecule has 0 aliphatic rings. The van der Waals surface area contributed by atoms with Crippen molar-refractivity contribution in [1.29, 1.82) is 5.26 Å². The van der Waals surface area contributed by atoms with Gasteiger partial charge in [-0.25, -0.2) is 4.99 Å². The van der Waals surface area contributed by atoms with E-state index >= 15 is 0 Å². The lowest BCUT2D eigenvalue weighted by molar-refractivity contribution is -0.0924. The molecule has 0 aromatic heterocycles. The maximum atomic E-state index is 8.66. The van der Waals surface area contributed by atoms with Gasteiger partial charge in [-0.05, 0) is 13.8 Å². The molecular weight excluding hydrogens is 180 g/mol. The lowest BCUT2D eigenvalue weighted by Gasteiger charge is -2.16. The van der Waals surface area contributed by atoms with E-state index in [1.165, 1.54) is 14.0 Å². The zero-order valence-electron chi connectivity index (χ0n) is 7.30. The summed E-state index contributed by atoms with van der Waals surface area (Å²) in [7, 11) is 1.47. The number of hydrogen-bond donors (Lipinski definition) is 0. The molecule has 0 spiro atoms. The van der Waals surface area contributed by atoms with Crippen LogP contribution in [0.15, 0.2) is 4.99 Å². The van der Waals surface area contributed by atoms with Crippen molar-refractivity contribution in [2.45, 2.75) is 19.6 Å². The van der Waals surface area contributed by atoms with Gasteiger partial charge in [0.05, 0.1) is 0 Å². The van der Waals surface area contributed by atoms with Gasteiger partial charge in [0, 0.05) is 7.11 Å². The Morgan fingerprint density at radius 2 is 2.33 bits per heavy atom. The van der Waals surface area contributed by atoms with Crippen molar-refractivity contribution in [3.05, 3.63) is 0 Å². The Morgan fingerprint density at radius 3 is 2.67 bits per heavy atom. The highest BCUT2D eigenvalue weighted by atomic mass is 35.5. The molecular formula is C7H11ClN2O2. The number of nitriles is 1.